The number of carbonyl (C=O) groups excluding carboxylic acids is 1. The summed E-state index contributed by atoms with van der Waals surface area (Å²) in [6, 6.07) is 0. The Bertz CT molecular complexity index is 562. The van der Waals surface area contributed by atoms with E-state index in [9.17, 15) is 9.90 Å². The van der Waals surface area contributed by atoms with Crippen molar-refractivity contribution >= 4 is 5.97 Å². The van der Waals surface area contributed by atoms with E-state index in [1.54, 1.807) is 0 Å². The van der Waals surface area contributed by atoms with E-state index in [0.29, 0.717) is 29.3 Å². The first kappa shape index (κ1) is 18.7. The van der Waals surface area contributed by atoms with Gasteiger partial charge in [-0.1, -0.05) is 13.8 Å². The van der Waals surface area contributed by atoms with Gasteiger partial charge < -0.3 is 14.6 Å². The quantitative estimate of drug-likeness (QED) is 0.754. The van der Waals surface area contributed by atoms with Crippen molar-refractivity contribution in [2.45, 2.75) is 90.4 Å². The first-order valence-corrected chi connectivity index (χ1v) is 10.7. The predicted octanol–water partition coefficient (Wildman–Crippen LogP) is 3.95. The van der Waals surface area contributed by atoms with Crippen LogP contribution in [-0.4, -0.2) is 36.5 Å². The number of hydrogen-bond donors (Lipinski definition) is 1. The third-order valence-electron chi connectivity index (χ3n) is 9.04. The Morgan fingerprint density at radius 1 is 1.15 bits per heavy atom. The van der Waals surface area contributed by atoms with Crippen molar-refractivity contribution in [2.24, 2.45) is 34.5 Å². The van der Waals surface area contributed by atoms with Gasteiger partial charge in [0.15, 0.2) is 0 Å². The number of aliphatic hydroxyl groups excluding tert-OH is 1. The molecule has 0 heterocycles. The maximum Gasteiger partial charge on any atom is 0.302 e. The molecule has 0 aromatic heterocycles. The minimum Gasteiger partial charge on any atom is -0.462 e. The topological polar surface area (TPSA) is 55.8 Å². The SMILES string of the molecule is CO[C@@H]1C[C@H]2[C@H](OC(C)=O)CC[C@@H](O)[C@@H](C)CC[C@@H]2[C@@]2(C)CC[C@@H]3C[C@]312. The fourth-order valence-corrected chi connectivity index (χ4v) is 7.58. The smallest absolute Gasteiger partial charge is 0.302 e. The maximum absolute atomic E-state index is 11.8. The van der Waals surface area contributed by atoms with E-state index in [1.165, 1.54) is 26.2 Å². The molecule has 9 atom stereocenters. The highest BCUT2D eigenvalue weighted by Gasteiger charge is 2.76. The Morgan fingerprint density at radius 2 is 1.92 bits per heavy atom. The molecule has 4 fully saturated rings. The van der Waals surface area contributed by atoms with Crippen LogP contribution in [0.15, 0.2) is 0 Å². The van der Waals surface area contributed by atoms with E-state index in [0.717, 1.165) is 38.0 Å². The van der Waals surface area contributed by atoms with E-state index in [4.69, 9.17) is 9.47 Å². The molecule has 4 aliphatic carbocycles. The first-order chi connectivity index (χ1) is 12.3. The van der Waals surface area contributed by atoms with Crippen LogP contribution in [0.5, 0.6) is 0 Å². The van der Waals surface area contributed by atoms with E-state index in [-0.39, 0.29) is 23.6 Å². The molecule has 0 amide bonds. The van der Waals surface area contributed by atoms with Crippen molar-refractivity contribution in [3.8, 4) is 0 Å². The lowest BCUT2D eigenvalue weighted by Crippen LogP contribution is -2.54. The van der Waals surface area contributed by atoms with Crippen molar-refractivity contribution in [3.05, 3.63) is 0 Å². The minimum absolute atomic E-state index is 0.0814. The van der Waals surface area contributed by atoms with Gasteiger partial charge in [0, 0.05) is 25.4 Å². The first-order valence-electron chi connectivity index (χ1n) is 10.7. The highest BCUT2D eigenvalue weighted by molar-refractivity contribution is 5.66. The second kappa shape index (κ2) is 6.48. The van der Waals surface area contributed by atoms with Crippen LogP contribution in [0.3, 0.4) is 0 Å². The molecule has 4 aliphatic rings. The fourth-order valence-electron chi connectivity index (χ4n) is 7.58. The molecule has 0 aliphatic heterocycles. The zero-order chi connectivity index (χ0) is 18.7. The number of methoxy groups -OCH3 is 1. The second-order valence-corrected chi connectivity index (χ2v) is 9.98. The molecule has 26 heavy (non-hydrogen) atoms. The van der Waals surface area contributed by atoms with Gasteiger partial charge in [-0.3, -0.25) is 4.79 Å². The molecule has 148 valence electrons. The molecule has 4 nitrogen and oxygen atoms in total. The average molecular weight is 365 g/mol. The lowest BCUT2D eigenvalue weighted by Gasteiger charge is -2.55. The lowest BCUT2D eigenvalue weighted by molar-refractivity contribution is -0.169. The van der Waals surface area contributed by atoms with Gasteiger partial charge in [-0.15, -0.1) is 0 Å². The number of ether oxygens (including phenoxy) is 2. The van der Waals surface area contributed by atoms with Crippen LogP contribution < -0.4 is 0 Å². The van der Waals surface area contributed by atoms with Crippen LogP contribution in [0.25, 0.3) is 0 Å². The highest BCUT2D eigenvalue weighted by atomic mass is 16.5. The van der Waals surface area contributed by atoms with Crippen molar-refractivity contribution < 1.29 is 19.4 Å². The largest absolute Gasteiger partial charge is 0.462 e. The van der Waals surface area contributed by atoms with Gasteiger partial charge in [0.2, 0.25) is 0 Å². The van der Waals surface area contributed by atoms with Gasteiger partial charge in [0.05, 0.1) is 12.2 Å². The number of rotatable bonds is 2. The monoisotopic (exact) mass is 364 g/mol. The van der Waals surface area contributed by atoms with Gasteiger partial charge in [-0.25, -0.2) is 0 Å². The number of hydrogen-bond acceptors (Lipinski definition) is 4. The van der Waals surface area contributed by atoms with Crippen LogP contribution in [0, 0.1) is 34.5 Å². The third kappa shape index (κ3) is 2.58. The van der Waals surface area contributed by atoms with Crippen LogP contribution in [0.2, 0.25) is 0 Å². The predicted molar refractivity (Wildman–Crippen MR) is 99.5 cm³/mol. The molecular formula is C22H36O4. The summed E-state index contributed by atoms with van der Waals surface area (Å²) in [4.78, 5) is 11.8. The molecule has 1 N–H and O–H groups in total. The van der Waals surface area contributed by atoms with Crippen molar-refractivity contribution in [2.75, 3.05) is 7.11 Å². The number of fused-ring (bicyclic) bond motifs is 2. The summed E-state index contributed by atoms with van der Waals surface area (Å²) < 4.78 is 11.9. The van der Waals surface area contributed by atoms with Crippen LogP contribution >= 0.6 is 0 Å². The molecule has 0 aromatic carbocycles. The number of carbonyl (C=O) groups is 1. The summed E-state index contributed by atoms with van der Waals surface area (Å²) in [5.41, 5.74) is 0.647. The molecule has 0 bridgehead atoms. The molecule has 4 heteroatoms. The van der Waals surface area contributed by atoms with Crippen LogP contribution in [0.4, 0.5) is 0 Å². The van der Waals surface area contributed by atoms with Gasteiger partial charge in [-0.05, 0) is 74.5 Å². The van der Waals surface area contributed by atoms with Crippen molar-refractivity contribution in [3.63, 3.8) is 0 Å². The molecule has 0 aromatic rings. The highest BCUT2D eigenvalue weighted by Crippen LogP contribution is 2.80. The van der Waals surface area contributed by atoms with E-state index >= 15 is 0 Å². The van der Waals surface area contributed by atoms with E-state index in [2.05, 4.69) is 13.8 Å². The summed E-state index contributed by atoms with van der Waals surface area (Å²) in [7, 11) is 1.87. The summed E-state index contributed by atoms with van der Waals surface area (Å²) in [5.74, 6) is 1.89. The molecule has 4 saturated carbocycles. The molecule has 0 radical (unpaired) electrons. The molecule has 0 unspecified atom stereocenters. The number of esters is 1. The van der Waals surface area contributed by atoms with Gasteiger partial charge in [-0.2, -0.15) is 0 Å². The standard InChI is InChI=1S/C22H36O4/c1-13-5-6-17-16(19(26-14(2)23)8-7-18(13)24)11-20(25-4)22-12-15(22)9-10-21(17,22)3/h13,15-20,24H,5-12H2,1-4H3/t13-,15+,16+,17-,18+,19+,20+,21+,22-/m0/s1. The molecular weight excluding hydrogens is 328 g/mol. The molecule has 4 rings (SSSR count). The van der Waals surface area contributed by atoms with Gasteiger partial charge >= 0.3 is 5.97 Å². The third-order valence-corrected chi connectivity index (χ3v) is 9.04. The second-order valence-electron chi connectivity index (χ2n) is 9.98. The summed E-state index contributed by atoms with van der Waals surface area (Å²) >= 11 is 0. The summed E-state index contributed by atoms with van der Waals surface area (Å²) in [5, 5.41) is 10.5. The van der Waals surface area contributed by atoms with Gasteiger partial charge in [0.25, 0.3) is 0 Å². The Kier molecular flexibility index (Phi) is 4.67. The van der Waals surface area contributed by atoms with Crippen molar-refractivity contribution in [1.29, 1.82) is 0 Å². The minimum atomic E-state index is -0.287. The molecule has 0 saturated heterocycles. The van der Waals surface area contributed by atoms with E-state index < -0.39 is 0 Å². The Morgan fingerprint density at radius 3 is 2.58 bits per heavy atom. The van der Waals surface area contributed by atoms with Gasteiger partial charge in [0.1, 0.15) is 6.10 Å². The zero-order valence-corrected chi connectivity index (χ0v) is 16.9. The number of aliphatic hydroxyl groups is 1. The summed E-state index contributed by atoms with van der Waals surface area (Å²) in [6.45, 7) is 6.21. The Hall–Kier alpha value is -0.610. The Labute approximate surface area is 158 Å². The maximum atomic E-state index is 11.8. The van der Waals surface area contributed by atoms with Crippen molar-refractivity contribution in [1.82, 2.24) is 0 Å². The van der Waals surface area contributed by atoms with Crippen LogP contribution in [-0.2, 0) is 14.3 Å². The lowest BCUT2D eigenvalue weighted by atomic mass is 9.52. The zero-order valence-electron chi connectivity index (χ0n) is 16.9. The summed E-state index contributed by atoms with van der Waals surface area (Å²) in [6.07, 6.45) is 8.58. The molecule has 1 spiro atoms. The van der Waals surface area contributed by atoms with E-state index in [1.807, 2.05) is 7.11 Å². The Balaban J connectivity index is 1.70. The fraction of sp³-hybridized carbons (Fsp3) is 0.955. The van der Waals surface area contributed by atoms with Crippen LogP contribution in [0.1, 0.15) is 72.1 Å². The normalized spacial score (nSPS) is 53.3. The average Bonchev–Trinajstić information content (AvgIpc) is 3.24.